The molecule has 110 valence electrons. The Morgan fingerprint density at radius 3 is 2.62 bits per heavy atom. The molecule has 2 aromatic carbocycles. The molecule has 0 saturated heterocycles. The highest BCUT2D eigenvalue weighted by Crippen LogP contribution is 2.27. The highest BCUT2D eigenvalue weighted by molar-refractivity contribution is 6.08. The van der Waals surface area contributed by atoms with Gasteiger partial charge in [0.25, 0.3) is 5.91 Å². The number of hydrogen-bond acceptors (Lipinski definition) is 4. The average molecular weight is 286 g/mol. The average Bonchev–Trinajstić information content (AvgIpc) is 2.47. The highest BCUT2D eigenvalue weighted by atomic mass is 16.5. The number of carbonyl (C=O) groups is 1. The molecule has 0 spiro atoms. The molecule has 0 radical (unpaired) electrons. The zero-order chi connectivity index (χ0) is 15.4. The van der Waals surface area contributed by atoms with Crippen molar-refractivity contribution in [2.75, 3.05) is 24.3 Å². The molecule has 5 nitrogen and oxygen atoms in total. The first-order valence-electron chi connectivity index (χ1n) is 6.61. The summed E-state index contributed by atoms with van der Waals surface area (Å²) in [5, 5.41) is 9.99. The molecule has 0 aliphatic heterocycles. The number of ether oxygens (including phenoxy) is 1. The largest absolute Gasteiger partial charge is 0.507 e. The second-order valence-electron chi connectivity index (χ2n) is 4.53. The van der Waals surface area contributed by atoms with Crippen LogP contribution in [-0.2, 0) is 0 Å². The van der Waals surface area contributed by atoms with Crippen molar-refractivity contribution in [1.29, 1.82) is 0 Å². The fraction of sp³-hybridized carbons (Fsp3) is 0.188. The third-order valence-electron chi connectivity index (χ3n) is 3.18. The lowest BCUT2D eigenvalue weighted by atomic mass is 10.1. The van der Waals surface area contributed by atoms with Gasteiger partial charge < -0.3 is 20.5 Å². The SMILES string of the molecule is CCN(C(=O)c1ccc(OC)cc1O)c1cccc(N)c1. The summed E-state index contributed by atoms with van der Waals surface area (Å²) in [6.07, 6.45) is 0. The Balaban J connectivity index is 2.37. The number of nitrogens with two attached hydrogens (primary N) is 1. The van der Waals surface area contributed by atoms with Gasteiger partial charge in [-0.2, -0.15) is 0 Å². The van der Waals surface area contributed by atoms with Crippen LogP contribution in [0.2, 0.25) is 0 Å². The molecule has 21 heavy (non-hydrogen) atoms. The van der Waals surface area contributed by atoms with Gasteiger partial charge in [-0.1, -0.05) is 6.07 Å². The third kappa shape index (κ3) is 3.08. The minimum Gasteiger partial charge on any atom is -0.507 e. The second-order valence-corrected chi connectivity index (χ2v) is 4.53. The monoisotopic (exact) mass is 286 g/mol. The molecule has 0 aromatic heterocycles. The van der Waals surface area contributed by atoms with Crippen molar-refractivity contribution in [1.82, 2.24) is 0 Å². The summed E-state index contributed by atoms with van der Waals surface area (Å²) in [7, 11) is 1.50. The number of anilines is 2. The number of rotatable bonds is 4. The lowest BCUT2D eigenvalue weighted by Crippen LogP contribution is -2.30. The van der Waals surface area contributed by atoms with Gasteiger partial charge in [-0.15, -0.1) is 0 Å². The van der Waals surface area contributed by atoms with Gasteiger partial charge in [0.1, 0.15) is 11.5 Å². The molecule has 2 rings (SSSR count). The molecular formula is C16H18N2O3. The van der Waals surface area contributed by atoms with Crippen molar-refractivity contribution in [3.63, 3.8) is 0 Å². The van der Waals surface area contributed by atoms with E-state index in [0.29, 0.717) is 23.7 Å². The molecule has 5 heteroatoms. The van der Waals surface area contributed by atoms with Gasteiger partial charge in [0, 0.05) is 24.0 Å². The van der Waals surface area contributed by atoms with Gasteiger partial charge in [-0.25, -0.2) is 0 Å². The van der Waals surface area contributed by atoms with Gasteiger partial charge in [-0.05, 0) is 37.3 Å². The molecule has 1 amide bonds. The first kappa shape index (κ1) is 14.7. The van der Waals surface area contributed by atoms with Gasteiger partial charge in [0.2, 0.25) is 0 Å². The summed E-state index contributed by atoms with van der Waals surface area (Å²) in [6, 6.07) is 11.7. The van der Waals surface area contributed by atoms with E-state index in [1.165, 1.54) is 13.2 Å². The standard InChI is InChI=1S/C16H18N2O3/c1-3-18(12-6-4-5-11(17)9-12)16(20)14-8-7-13(21-2)10-15(14)19/h4-10,19H,3,17H2,1-2H3. The van der Waals surface area contributed by atoms with Crippen molar-refractivity contribution >= 4 is 17.3 Å². The maximum Gasteiger partial charge on any atom is 0.262 e. The summed E-state index contributed by atoms with van der Waals surface area (Å²) in [5.41, 5.74) is 7.25. The number of phenolic OH excluding ortho intramolecular Hbond substituents is 1. The molecule has 0 bridgehead atoms. The molecule has 0 aliphatic rings. The van der Waals surface area contributed by atoms with Crippen molar-refractivity contribution < 1.29 is 14.6 Å². The normalized spacial score (nSPS) is 10.2. The van der Waals surface area contributed by atoms with Crippen LogP contribution in [0.4, 0.5) is 11.4 Å². The fourth-order valence-electron chi connectivity index (χ4n) is 2.10. The lowest BCUT2D eigenvalue weighted by Gasteiger charge is -2.22. The van der Waals surface area contributed by atoms with Crippen LogP contribution in [0.3, 0.4) is 0 Å². The lowest BCUT2D eigenvalue weighted by molar-refractivity contribution is 0.0985. The molecule has 0 heterocycles. The van der Waals surface area contributed by atoms with Crippen molar-refractivity contribution in [3.8, 4) is 11.5 Å². The van der Waals surface area contributed by atoms with E-state index in [2.05, 4.69) is 0 Å². The first-order chi connectivity index (χ1) is 10.1. The third-order valence-corrected chi connectivity index (χ3v) is 3.18. The molecule has 0 atom stereocenters. The predicted molar refractivity (Wildman–Crippen MR) is 82.9 cm³/mol. The Bertz CT molecular complexity index is 656. The van der Waals surface area contributed by atoms with E-state index in [9.17, 15) is 9.90 Å². The van der Waals surface area contributed by atoms with Gasteiger partial charge in [-0.3, -0.25) is 4.79 Å². The molecule has 2 aromatic rings. The second kappa shape index (κ2) is 6.17. The van der Waals surface area contributed by atoms with Crippen LogP contribution < -0.4 is 15.4 Å². The minimum atomic E-state index is -0.289. The van der Waals surface area contributed by atoms with E-state index in [1.54, 1.807) is 41.3 Å². The molecular weight excluding hydrogens is 268 g/mol. The number of nitrogen functional groups attached to an aromatic ring is 1. The van der Waals surface area contributed by atoms with Gasteiger partial charge >= 0.3 is 0 Å². The Kier molecular flexibility index (Phi) is 4.33. The van der Waals surface area contributed by atoms with Gasteiger partial charge in [0.05, 0.1) is 12.7 Å². The Morgan fingerprint density at radius 1 is 1.29 bits per heavy atom. The minimum absolute atomic E-state index is 0.110. The highest BCUT2D eigenvalue weighted by Gasteiger charge is 2.19. The quantitative estimate of drug-likeness (QED) is 0.847. The summed E-state index contributed by atoms with van der Waals surface area (Å²) in [5.74, 6) is 0.0982. The van der Waals surface area contributed by atoms with Crippen molar-refractivity contribution in [3.05, 3.63) is 48.0 Å². The Labute approximate surface area is 123 Å². The maximum atomic E-state index is 12.6. The zero-order valence-corrected chi connectivity index (χ0v) is 12.0. The molecule has 0 fully saturated rings. The number of benzene rings is 2. The first-order valence-corrected chi connectivity index (χ1v) is 6.61. The number of aromatic hydroxyl groups is 1. The molecule has 0 saturated carbocycles. The van der Waals surface area contributed by atoms with E-state index in [-0.39, 0.29) is 17.2 Å². The molecule has 3 N–H and O–H groups in total. The van der Waals surface area contributed by atoms with Crippen LogP contribution >= 0.6 is 0 Å². The van der Waals surface area contributed by atoms with Crippen molar-refractivity contribution in [2.45, 2.75) is 6.92 Å². The van der Waals surface area contributed by atoms with Crippen LogP contribution in [0.1, 0.15) is 17.3 Å². The number of nitrogens with zero attached hydrogens (tertiary/aromatic N) is 1. The molecule has 0 aliphatic carbocycles. The number of amides is 1. The van der Waals surface area contributed by atoms with E-state index in [4.69, 9.17) is 10.5 Å². The van der Waals surface area contributed by atoms with Crippen LogP contribution in [-0.4, -0.2) is 24.7 Å². The van der Waals surface area contributed by atoms with Crippen LogP contribution in [0.5, 0.6) is 11.5 Å². The van der Waals surface area contributed by atoms with E-state index in [0.717, 1.165) is 0 Å². The van der Waals surface area contributed by atoms with E-state index in [1.807, 2.05) is 6.92 Å². The number of hydrogen-bond donors (Lipinski definition) is 2. The zero-order valence-electron chi connectivity index (χ0n) is 12.0. The number of carbonyl (C=O) groups excluding carboxylic acids is 1. The fourth-order valence-corrected chi connectivity index (χ4v) is 2.10. The Hall–Kier alpha value is -2.69. The van der Waals surface area contributed by atoms with Gasteiger partial charge in [0.15, 0.2) is 0 Å². The summed E-state index contributed by atoms with van der Waals surface area (Å²) in [4.78, 5) is 14.1. The van der Waals surface area contributed by atoms with Crippen LogP contribution in [0, 0.1) is 0 Å². The summed E-state index contributed by atoms with van der Waals surface area (Å²) in [6.45, 7) is 2.33. The Morgan fingerprint density at radius 2 is 2.05 bits per heavy atom. The predicted octanol–water partition coefficient (Wildman–Crippen LogP) is 2.65. The number of phenols is 1. The molecule has 0 unspecified atom stereocenters. The smallest absolute Gasteiger partial charge is 0.262 e. The van der Waals surface area contributed by atoms with Crippen LogP contribution in [0.15, 0.2) is 42.5 Å². The van der Waals surface area contributed by atoms with Crippen LogP contribution in [0.25, 0.3) is 0 Å². The topological polar surface area (TPSA) is 75.8 Å². The summed E-state index contributed by atoms with van der Waals surface area (Å²) >= 11 is 0. The number of methoxy groups -OCH3 is 1. The van der Waals surface area contributed by atoms with E-state index < -0.39 is 0 Å². The van der Waals surface area contributed by atoms with Crippen molar-refractivity contribution in [2.24, 2.45) is 0 Å². The summed E-state index contributed by atoms with van der Waals surface area (Å²) < 4.78 is 5.02. The maximum absolute atomic E-state index is 12.6. The van der Waals surface area contributed by atoms with E-state index >= 15 is 0 Å².